The zero-order valence-electron chi connectivity index (χ0n) is 18.3. The van der Waals surface area contributed by atoms with Gasteiger partial charge >= 0.3 is 7.12 Å². The molecule has 6 nitrogen and oxygen atoms in total. The Bertz CT molecular complexity index is 1230. The molecule has 0 saturated carbocycles. The third-order valence-electron chi connectivity index (χ3n) is 4.26. The monoisotopic (exact) mass is 510 g/mol. The number of halogens is 2. The molecule has 0 aromatic heterocycles. The third kappa shape index (κ3) is 9.64. The molecule has 4 aromatic carbocycles. The number of carbonyl (C=O) groups is 2. The van der Waals surface area contributed by atoms with E-state index in [4.69, 9.17) is 43.1 Å². The van der Waals surface area contributed by atoms with Crippen molar-refractivity contribution in [2.75, 3.05) is 0 Å². The fourth-order valence-corrected chi connectivity index (χ4v) is 2.86. The van der Waals surface area contributed by atoms with Crippen molar-refractivity contribution in [3.05, 3.63) is 118 Å². The molecule has 0 bridgehead atoms. The number of phenols is 1. The van der Waals surface area contributed by atoms with E-state index in [1.54, 1.807) is 72.8 Å². The molecule has 9 heteroatoms. The number of benzene rings is 4. The lowest BCUT2D eigenvalue weighted by Crippen LogP contribution is -2.29. The Hall–Kier alpha value is -3.62. The molecule has 0 saturated heterocycles. The summed E-state index contributed by atoms with van der Waals surface area (Å²) in [6.45, 7) is 0. The van der Waals surface area contributed by atoms with Crippen LogP contribution in [0.4, 0.5) is 0 Å². The zero-order valence-corrected chi connectivity index (χ0v) is 19.8. The van der Waals surface area contributed by atoms with Crippen molar-refractivity contribution in [1.29, 1.82) is 0 Å². The Morgan fingerprint density at radius 2 is 1.26 bits per heavy atom. The van der Waals surface area contributed by atoms with Gasteiger partial charge in [0.05, 0.1) is 10.0 Å². The summed E-state index contributed by atoms with van der Waals surface area (Å²) in [7, 11) is -1.50. The highest BCUT2D eigenvalue weighted by atomic mass is 35.5. The normalized spacial score (nSPS) is 9.49. The van der Waals surface area contributed by atoms with Crippen LogP contribution in [0.15, 0.2) is 97.1 Å². The zero-order chi connectivity index (χ0) is 25.6. The lowest BCUT2D eigenvalue weighted by Gasteiger charge is -2.07. The lowest BCUT2D eigenvalue weighted by molar-refractivity contribution is 0.111. The molecule has 0 fully saturated rings. The molecule has 3 N–H and O–H groups in total. The fourth-order valence-electron chi connectivity index (χ4n) is 2.55. The molecule has 0 amide bonds. The Labute approximate surface area is 213 Å². The van der Waals surface area contributed by atoms with Crippen LogP contribution in [0, 0.1) is 0 Å². The van der Waals surface area contributed by atoms with Crippen molar-refractivity contribution in [1.82, 2.24) is 0 Å². The van der Waals surface area contributed by atoms with E-state index in [0.717, 1.165) is 6.29 Å². The molecule has 0 unspecified atom stereocenters. The van der Waals surface area contributed by atoms with E-state index >= 15 is 0 Å². The first-order chi connectivity index (χ1) is 16.8. The maximum absolute atomic E-state index is 10.6. The molecule has 0 atom stereocenters. The van der Waals surface area contributed by atoms with Gasteiger partial charge < -0.3 is 19.9 Å². The van der Waals surface area contributed by atoms with Gasteiger partial charge in [-0.3, -0.25) is 9.59 Å². The van der Waals surface area contributed by atoms with Gasteiger partial charge in [-0.25, -0.2) is 0 Å². The van der Waals surface area contributed by atoms with Crippen molar-refractivity contribution in [2.45, 2.75) is 0 Å². The standard InChI is InChI=1S/C13H9ClO2.C7H7BO3.C6H5ClO/c14-12-6-1-2-7-13(12)16-11-5-3-4-10(8-11)9-15;9-5-6-2-1-3-7(4-6)8(10)11;7-5-3-1-2-4-6(5)8/h1-9H;1-5,10-11H;1-4,8H. The minimum Gasteiger partial charge on any atom is -0.506 e. The molecule has 0 radical (unpaired) electrons. The number of para-hydroxylation sites is 2. The minimum atomic E-state index is -1.50. The summed E-state index contributed by atoms with van der Waals surface area (Å²) in [5.41, 5.74) is 1.34. The van der Waals surface area contributed by atoms with Crippen LogP contribution in [0.2, 0.25) is 10.0 Å². The maximum Gasteiger partial charge on any atom is 0.488 e. The summed E-state index contributed by atoms with van der Waals surface area (Å²) in [4.78, 5) is 20.8. The molecule has 178 valence electrons. The molecule has 0 aliphatic heterocycles. The molecule has 0 spiro atoms. The number of aromatic hydroxyl groups is 1. The highest BCUT2D eigenvalue weighted by molar-refractivity contribution is 6.58. The minimum absolute atomic E-state index is 0.133. The van der Waals surface area contributed by atoms with Crippen molar-refractivity contribution in [3.8, 4) is 17.2 Å². The molecule has 0 heterocycles. The summed E-state index contributed by atoms with van der Waals surface area (Å²) in [5.74, 6) is 1.30. The van der Waals surface area contributed by atoms with Crippen LogP contribution in [0.1, 0.15) is 20.7 Å². The van der Waals surface area contributed by atoms with Crippen molar-refractivity contribution in [2.24, 2.45) is 0 Å². The van der Waals surface area contributed by atoms with E-state index < -0.39 is 7.12 Å². The van der Waals surface area contributed by atoms with Crippen LogP contribution in [-0.4, -0.2) is 34.8 Å². The van der Waals surface area contributed by atoms with Crippen molar-refractivity contribution >= 4 is 48.4 Å². The van der Waals surface area contributed by atoms with Crippen molar-refractivity contribution in [3.63, 3.8) is 0 Å². The quantitative estimate of drug-likeness (QED) is 0.253. The van der Waals surface area contributed by atoms with Crippen LogP contribution in [-0.2, 0) is 0 Å². The smallest absolute Gasteiger partial charge is 0.488 e. The number of hydrogen-bond donors (Lipinski definition) is 3. The van der Waals surface area contributed by atoms with E-state index in [0.29, 0.717) is 44.4 Å². The van der Waals surface area contributed by atoms with Gasteiger partial charge in [-0.2, -0.15) is 0 Å². The van der Waals surface area contributed by atoms with E-state index in [2.05, 4.69) is 0 Å². The second kappa shape index (κ2) is 14.6. The second-order valence-electron chi connectivity index (χ2n) is 6.84. The van der Waals surface area contributed by atoms with E-state index in [9.17, 15) is 9.59 Å². The van der Waals surface area contributed by atoms with Gasteiger partial charge in [-0.15, -0.1) is 0 Å². The topological polar surface area (TPSA) is 104 Å². The van der Waals surface area contributed by atoms with Gasteiger partial charge in [0.25, 0.3) is 0 Å². The summed E-state index contributed by atoms with van der Waals surface area (Å²) in [6, 6.07) is 26.9. The first-order valence-corrected chi connectivity index (χ1v) is 10.9. The maximum atomic E-state index is 10.6. The van der Waals surface area contributed by atoms with Gasteiger partial charge in [0.15, 0.2) is 0 Å². The molecular weight excluding hydrogens is 490 g/mol. The SMILES string of the molecule is O=Cc1cccc(B(O)O)c1.O=Cc1cccc(Oc2ccccc2Cl)c1.Oc1ccccc1Cl. The van der Waals surface area contributed by atoms with E-state index in [1.165, 1.54) is 12.1 Å². The average Bonchev–Trinajstić information content (AvgIpc) is 2.88. The predicted octanol–water partition coefficient (Wildman–Crippen LogP) is 5.17. The Morgan fingerprint density at radius 3 is 1.80 bits per heavy atom. The fraction of sp³-hybridized carbons (Fsp3) is 0. The summed E-state index contributed by atoms with van der Waals surface area (Å²) in [6.07, 6.45) is 1.44. The van der Waals surface area contributed by atoms with Gasteiger partial charge in [-0.1, -0.05) is 83.9 Å². The number of ether oxygens (including phenoxy) is 1. The highest BCUT2D eigenvalue weighted by Crippen LogP contribution is 2.28. The van der Waals surface area contributed by atoms with E-state index in [-0.39, 0.29) is 5.75 Å². The van der Waals surface area contributed by atoms with Crippen LogP contribution >= 0.6 is 23.2 Å². The predicted molar refractivity (Wildman–Crippen MR) is 138 cm³/mol. The lowest BCUT2D eigenvalue weighted by atomic mass is 9.80. The molecular formula is C26H21BCl2O6. The van der Waals surface area contributed by atoms with Gasteiger partial charge in [0, 0.05) is 11.1 Å². The molecule has 4 rings (SSSR count). The number of rotatable bonds is 5. The van der Waals surface area contributed by atoms with Crippen LogP contribution < -0.4 is 10.2 Å². The largest absolute Gasteiger partial charge is 0.506 e. The van der Waals surface area contributed by atoms with Gasteiger partial charge in [0.1, 0.15) is 29.8 Å². The number of hydrogen-bond acceptors (Lipinski definition) is 6. The second-order valence-corrected chi connectivity index (χ2v) is 7.65. The Morgan fingerprint density at radius 1 is 0.686 bits per heavy atom. The van der Waals surface area contributed by atoms with Crippen LogP contribution in [0.25, 0.3) is 0 Å². The third-order valence-corrected chi connectivity index (χ3v) is 4.89. The molecule has 4 aromatic rings. The molecule has 0 aliphatic carbocycles. The number of phenolic OH excluding ortho intramolecular Hbond substituents is 1. The first-order valence-electron chi connectivity index (χ1n) is 10.2. The molecule has 0 aliphatic rings. The summed E-state index contributed by atoms with van der Waals surface area (Å²) < 4.78 is 5.56. The highest BCUT2D eigenvalue weighted by Gasteiger charge is 2.09. The Balaban J connectivity index is 0.000000198. The molecule has 35 heavy (non-hydrogen) atoms. The van der Waals surface area contributed by atoms with Crippen LogP contribution in [0.5, 0.6) is 17.2 Å². The average molecular weight is 511 g/mol. The van der Waals surface area contributed by atoms with Crippen molar-refractivity contribution < 1.29 is 29.5 Å². The van der Waals surface area contributed by atoms with Gasteiger partial charge in [0.2, 0.25) is 0 Å². The van der Waals surface area contributed by atoms with Crippen LogP contribution in [0.3, 0.4) is 0 Å². The number of aldehydes is 2. The van der Waals surface area contributed by atoms with E-state index in [1.807, 2.05) is 12.1 Å². The first kappa shape index (κ1) is 27.6. The number of carbonyl (C=O) groups excluding carboxylic acids is 2. The summed E-state index contributed by atoms with van der Waals surface area (Å²) >= 11 is 11.4. The Kier molecular flexibility index (Phi) is 11.5. The summed E-state index contributed by atoms with van der Waals surface area (Å²) in [5, 5.41) is 27.1. The van der Waals surface area contributed by atoms with Gasteiger partial charge in [-0.05, 0) is 41.9 Å².